The maximum Gasteiger partial charge on any atom is 0.224 e. The summed E-state index contributed by atoms with van der Waals surface area (Å²) in [6, 6.07) is 8.64. The summed E-state index contributed by atoms with van der Waals surface area (Å²) in [5.41, 5.74) is 2.65. The van der Waals surface area contributed by atoms with E-state index in [4.69, 9.17) is 0 Å². The first-order valence-corrected chi connectivity index (χ1v) is 7.49. The number of rotatable bonds is 3. The van der Waals surface area contributed by atoms with Gasteiger partial charge in [0.05, 0.1) is 12.0 Å². The molecule has 2 unspecified atom stereocenters. The second-order valence-electron chi connectivity index (χ2n) is 6.79. The van der Waals surface area contributed by atoms with Crippen LogP contribution in [0.25, 0.3) is 0 Å². The first-order chi connectivity index (χ1) is 9.38. The van der Waals surface area contributed by atoms with Crippen LogP contribution in [0.4, 0.5) is 0 Å². The van der Waals surface area contributed by atoms with E-state index in [0.717, 1.165) is 25.1 Å². The third-order valence-electron chi connectivity index (χ3n) is 4.07. The van der Waals surface area contributed by atoms with Gasteiger partial charge in [-0.15, -0.1) is 12.4 Å². The summed E-state index contributed by atoms with van der Waals surface area (Å²) in [7, 11) is 0. The number of benzene rings is 1. The van der Waals surface area contributed by atoms with Crippen molar-refractivity contribution in [3.05, 3.63) is 35.4 Å². The van der Waals surface area contributed by atoms with E-state index in [-0.39, 0.29) is 35.7 Å². The summed E-state index contributed by atoms with van der Waals surface area (Å²) < 4.78 is 0. The Bertz CT molecular complexity index is 459. The van der Waals surface area contributed by atoms with Gasteiger partial charge in [0.15, 0.2) is 0 Å². The predicted octanol–water partition coefficient (Wildman–Crippen LogP) is 3.19. The molecule has 1 heterocycles. The number of halogens is 1. The summed E-state index contributed by atoms with van der Waals surface area (Å²) in [6.07, 6.45) is 0.946. The van der Waals surface area contributed by atoms with E-state index >= 15 is 0 Å². The molecule has 0 bridgehead atoms. The molecule has 1 saturated heterocycles. The number of carbonyl (C=O) groups is 1. The molecule has 2 atom stereocenters. The first kappa shape index (κ1) is 18.0. The fraction of sp³-hybridized carbons (Fsp3) is 0.588. The van der Waals surface area contributed by atoms with Crippen LogP contribution in [0.2, 0.25) is 0 Å². The highest BCUT2D eigenvalue weighted by molar-refractivity contribution is 5.85. The highest BCUT2D eigenvalue weighted by atomic mass is 35.5. The predicted molar refractivity (Wildman–Crippen MR) is 89.9 cm³/mol. The summed E-state index contributed by atoms with van der Waals surface area (Å²) in [5.74, 6) is 0.300. The van der Waals surface area contributed by atoms with Crippen LogP contribution < -0.4 is 10.6 Å². The minimum absolute atomic E-state index is 0. The van der Waals surface area contributed by atoms with E-state index in [2.05, 4.69) is 55.7 Å². The minimum Gasteiger partial charge on any atom is -0.349 e. The molecular weight excluding hydrogens is 284 g/mol. The summed E-state index contributed by atoms with van der Waals surface area (Å²) >= 11 is 0. The molecule has 2 N–H and O–H groups in total. The van der Waals surface area contributed by atoms with Crippen molar-refractivity contribution in [3.8, 4) is 0 Å². The maximum absolute atomic E-state index is 12.1. The number of nitrogens with one attached hydrogen (secondary N) is 2. The molecule has 1 fully saturated rings. The second-order valence-corrected chi connectivity index (χ2v) is 6.79. The molecule has 0 aliphatic carbocycles. The lowest BCUT2D eigenvalue weighted by Crippen LogP contribution is -2.33. The standard InChI is InChI=1S/C17H26N2O.ClH/c1-12(19-16(20)14-9-10-18-11-14)13-5-7-15(8-6-13)17(2,3)4;/h5-8,12,14,18H,9-11H2,1-4H3,(H,19,20);1H. The zero-order chi connectivity index (χ0) is 14.8. The average Bonchev–Trinajstić information content (AvgIpc) is 2.91. The van der Waals surface area contributed by atoms with Crippen LogP contribution in [0.15, 0.2) is 24.3 Å². The Morgan fingerprint density at radius 1 is 1.29 bits per heavy atom. The van der Waals surface area contributed by atoms with Gasteiger partial charge in [-0.05, 0) is 36.4 Å². The lowest BCUT2D eigenvalue weighted by atomic mass is 9.86. The van der Waals surface area contributed by atoms with Crippen molar-refractivity contribution in [2.24, 2.45) is 5.92 Å². The fourth-order valence-electron chi connectivity index (χ4n) is 2.56. The maximum atomic E-state index is 12.1. The second kappa shape index (κ2) is 7.28. The molecule has 0 spiro atoms. The van der Waals surface area contributed by atoms with Crippen LogP contribution in [0, 0.1) is 5.92 Å². The molecule has 0 aromatic heterocycles. The quantitative estimate of drug-likeness (QED) is 0.900. The first-order valence-electron chi connectivity index (χ1n) is 7.49. The molecule has 0 radical (unpaired) electrons. The van der Waals surface area contributed by atoms with E-state index in [0.29, 0.717) is 0 Å². The Morgan fingerprint density at radius 2 is 1.90 bits per heavy atom. The van der Waals surface area contributed by atoms with Crippen LogP contribution in [-0.4, -0.2) is 19.0 Å². The molecule has 21 heavy (non-hydrogen) atoms. The molecule has 118 valence electrons. The van der Waals surface area contributed by atoms with Gasteiger partial charge in [0.1, 0.15) is 0 Å². The highest BCUT2D eigenvalue weighted by Crippen LogP contribution is 2.24. The average molecular weight is 311 g/mol. The van der Waals surface area contributed by atoms with Crippen molar-refractivity contribution in [1.82, 2.24) is 10.6 Å². The van der Waals surface area contributed by atoms with Crippen LogP contribution in [0.3, 0.4) is 0 Å². The van der Waals surface area contributed by atoms with Crippen LogP contribution in [0.1, 0.15) is 51.3 Å². The third kappa shape index (κ3) is 4.72. The summed E-state index contributed by atoms with van der Waals surface area (Å²) in [4.78, 5) is 12.1. The van der Waals surface area contributed by atoms with E-state index in [9.17, 15) is 4.79 Å². The summed E-state index contributed by atoms with van der Waals surface area (Å²) in [6.45, 7) is 10.4. The monoisotopic (exact) mass is 310 g/mol. The number of hydrogen-bond donors (Lipinski definition) is 2. The molecule has 1 aromatic carbocycles. The normalized spacial score (nSPS) is 19.7. The fourth-order valence-corrected chi connectivity index (χ4v) is 2.56. The zero-order valence-electron chi connectivity index (χ0n) is 13.4. The SMILES string of the molecule is CC(NC(=O)C1CCNC1)c1ccc(C(C)(C)C)cc1.Cl. The molecule has 1 amide bonds. The van der Waals surface area contributed by atoms with Crippen molar-refractivity contribution in [3.63, 3.8) is 0 Å². The Balaban J connectivity index is 0.00000220. The van der Waals surface area contributed by atoms with Gasteiger partial charge >= 0.3 is 0 Å². The minimum atomic E-state index is 0. The third-order valence-corrected chi connectivity index (χ3v) is 4.07. The van der Waals surface area contributed by atoms with Crippen molar-refractivity contribution in [2.75, 3.05) is 13.1 Å². The van der Waals surface area contributed by atoms with E-state index in [1.54, 1.807) is 0 Å². The van der Waals surface area contributed by atoms with Crippen molar-refractivity contribution in [2.45, 2.75) is 45.6 Å². The highest BCUT2D eigenvalue weighted by Gasteiger charge is 2.23. The van der Waals surface area contributed by atoms with E-state index in [1.165, 1.54) is 5.56 Å². The van der Waals surface area contributed by atoms with Gasteiger partial charge in [-0.3, -0.25) is 4.79 Å². The lowest BCUT2D eigenvalue weighted by Gasteiger charge is -2.21. The Kier molecular flexibility index (Phi) is 6.24. The van der Waals surface area contributed by atoms with Gasteiger partial charge in [0.2, 0.25) is 5.91 Å². The number of amides is 1. The van der Waals surface area contributed by atoms with E-state index < -0.39 is 0 Å². The largest absolute Gasteiger partial charge is 0.349 e. The van der Waals surface area contributed by atoms with Crippen LogP contribution in [-0.2, 0) is 10.2 Å². The topological polar surface area (TPSA) is 41.1 Å². The van der Waals surface area contributed by atoms with Gasteiger partial charge in [0.25, 0.3) is 0 Å². The Morgan fingerprint density at radius 3 is 2.38 bits per heavy atom. The summed E-state index contributed by atoms with van der Waals surface area (Å²) in [5, 5.41) is 6.35. The van der Waals surface area contributed by atoms with Crippen molar-refractivity contribution < 1.29 is 4.79 Å². The Labute approximate surface area is 134 Å². The van der Waals surface area contributed by atoms with Gasteiger partial charge < -0.3 is 10.6 Å². The zero-order valence-corrected chi connectivity index (χ0v) is 14.2. The molecule has 3 nitrogen and oxygen atoms in total. The molecule has 1 aromatic rings. The van der Waals surface area contributed by atoms with Gasteiger partial charge in [-0.2, -0.15) is 0 Å². The van der Waals surface area contributed by atoms with Gasteiger partial charge in [0, 0.05) is 6.54 Å². The molecule has 4 heteroatoms. The molecule has 1 aliphatic rings. The van der Waals surface area contributed by atoms with Crippen LogP contribution in [0.5, 0.6) is 0 Å². The van der Waals surface area contributed by atoms with Crippen LogP contribution >= 0.6 is 12.4 Å². The van der Waals surface area contributed by atoms with Gasteiger partial charge in [-0.25, -0.2) is 0 Å². The molecule has 1 aliphatic heterocycles. The number of carbonyl (C=O) groups excluding carboxylic acids is 1. The molecular formula is C17H27ClN2O. The van der Waals surface area contributed by atoms with E-state index in [1.807, 2.05) is 6.92 Å². The van der Waals surface area contributed by atoms with Crippen molar-refractivity contribution >= 4 is 18.3 Å². The smallest absolute Gasteiger partial charge is 0.224 e. The Hall–Kier alpha value is -1.06. The molecule has 2 rings (SSSR count). The number of hydrogen-bond acceptors (Lipinski definition) is 2. The molecule has 0 saturated carbocycles. The lowest BCUT2D eigenvalue weighted by molar-refractivity contribution is -0.125. The van der Waals surface area contributed by atoms with Gasteiger partial charge in [-0.1, -0.05) is 45.0 Å². The van der Waals surface area contributed by atoms with Crippen molar-refractivity contribution in [1.29, 1.82) is 0 Å².